The number of pyridine rings is 1. The molecule has 0 amide bonds. The molecular weight excluding hydrogens is 302 g/mol. The van der Waals surface area contributed by atoms with E-state index in [0.717, 1.165) is 29.0 Å². The molecule has 98 valence electrons. The third kappa shape index (κ3) is 2.24. The van der Waals surface area contributed by atoms with Crippen LogP contribution in [-0.4, -0.2) is 9.38 Å². The van der Waals surface area contributed by atoms with Gasteiger partial charge in [-0.15, -0.1) is 17.0 Å². The Hall–Kier alpha value is -1.81. The molecule has 0 aliphatic carbocycles. The standard InChI is InChI=1S/C15H15N3.BrH/c1-2-13-14(11-7-4-3-5-8-11)17-15-12(16)9-6-10-18(13)15;/h3-10H,2,16H2,1H3;1H. The maximum absolute atomic E-state index is 5.99. The number of benzene rings is 1. The van der Waals surface area contributed by atoms with Crippen LogP contribution in [0, 0.1) is 0 Å². The number of nitrogen functional groups attached to an aromatic ring is 1. The Kier molecular flexibility index (Phi) is 3.90. The summed E-state index contributed by atoms with van der Waals surface area (Å²) >= 11 is 0. The van der Waals surface area contributed by atoms with Crippen molar-refractivity contribution >= 4 is 28.3 Å². The maximum Gasteiger partial charge on any atom is 0.160 e. The lowest BCUT2D eigenvalue weighted by molar-refractivity contribution is 0.998. The molecule has 0 unspecified atom stereocenters. The number of halogens is 1. The van der Waals surface area contributed by atoms with Crippen LogP contribution in [0.1, 0.15) is 12.6 Å². The minimum atomic E-state index is 0. The van der Waals surface area contributed by atoms with Crippen molar-refractivity contribution in [2.75, 3.05) is 5.73 Å². The molecule has 0 aliphatic rings. The molecule has 2 aromatic heterocycles. The normalized spacial score (nSPS) is 10.4. The van der Waals surface area contributed by atoms with Crippen molar-refractivity contribution in [2.45, 2.75) is 13.3 Å². The van der Waals surface area contributed by atoms with E-state index < -0.39 is 0 Å². The Bertz CT molecular complexity index is 689. The van der Waals surface area contributed by atoms with Crippen molar-refractivity contribution in [1.82, 2.24) is 9.38 Å². The van der Waals surface area contributed by atoms with Crippen molar-refractivity contribution in [3.8, 4) is 11.3 Å². The van der Waals surface area contributed by atoms with Gasteiger partial charge in [-0.2, -0.15) is 0 Å². The van der Waals surface area contributed by atoms with Crippen molar-refractivity contribution in [3.05, 3.63) is 54.4 Å². The highest BCUT2D eigenvalue weighted by molar-refractivity contribution is 8.93. The molecule has 0 radical (unpaired) electrons. The third-order valence-corrected chi connectivity index (χ3v) is 3.16. The Labute approximate surface area is 122 Å². The monoisotopic (exact) mass is 317 g/mol. The van der Waals surface area contributed by atoms with Crippen LogP contribution in [0.3, 0.4) is 0 Å². The molecule has 19 heavy (non-hydrogen) atoms. The molecule has 1 aromatic carbocycles. The second kappa shape index (κ2) is 5.45. The molecule has 3 rings (SSSR count). The van der Waals surface area contributed by atoms with Gasteiger partial charge in [-0.1, -0.05) is 37.3 Å². The third-order valence-electron chi connectivity index (χ3n) is 3.16. The summed E-state index contributed by atoms with van der Waals surface area (Å²) in [5.74, 6) is 0. The topological polar surface area (TPSA) is 43.3 Å². The Morgan fingerprint density at radius 2 is 1.84 bits per heavy atom. The predicted molar refractivity (Wildman–Crippen MR) is 84.7 cm³/mol. The number of nitrogens with two attached hydrogens (primary N) is 1. The first-order chi connectivity index (χ1) is 8.81. The number of anilines is 1. The minimum Gasteiger partial charge on any atom is -0.396 e. The fourth-order valence-electron chi connectivity index (χ4n) is 2.30. The van der Waals surface area contributed by atoms with Crippen LogP contribution in [0.5, 0.6) is 0 Å². The summed E-state index contributed by atoms with van der Waals surface area (Å²) in [5, 5.41) is 0. The van der Waals surface area contributed by atoms with Crippen molar-refractivity contribution in [2.24, 2.45) is 0 Å². The van der Waals surface area contributed by atoms with Gasteiger partial charge in [-0.3, -0.25) is 0 Å². The van der Waals surface area contributed by atoms with Crippen molar-refractivity contribution < 1.29 is 0 Å². The van der Waals surface area contributed by atoms with Gasteiger partial charge in [0.15, 0.2) is 5.65 Å². The lowest BCUT2D eigenvalue weighted by atomic mass is 10.1. The van der Waals surface area contributed by atoms with Gasteiger partial charge in [-0.05, 0) is 18.6 Å². The average molecular weight is 318 g/mol. The summed E-state index contributed by atoms with van der Waals surface area (Å²) < 4.78 is 2.08. The van der Waals surface area contributed by atoms with Crippen LogP contribution in [0.25, 0.3) is 16.9 Å². The number of aromatic nitrogens is 2. The molecule has 2 N–H and O–H groups in total. The molecule has 0 aliphatic heterocycles. The van der Waals surface area contributed by atoms with Crippen LogP contribution >= 0.6 is 17.0 Å². The van der Waals surface area contributed by atoms with Gasteiger partial charge in [0.1, 0.15) is 0 Å². The van der Waals surface area contributed by atoms with Gasteiger partial charge in [0, 0.05) is 11.8 Å². The van der Waals surface area contributed by atoms with Crippen LogP contribution < -0.4 is 5.73 Å². The van der Waals surface area contributed by atoms with Crippen LogP contribution in [0.4, 0.5) is 5.69 Å². The lowest BCUT2D eigenvalue weighted by Gasteiger charge is -2.02. The summed E-state index contributed by atoms with van der Waals surface area (Å²) in [7, 11) is 0. The number of nitrogens with zero attached hydrogens (tertiary/aromatic N) is 2. The molecule has 0 bridgehead atoms. The van der Waals surface area contributed by atoms with E-state index in [0.29, 0.717) is 0 Å². The lowest BCUT2D eigenvalue weighted by Crippen LogP contribution is -1.94. The molecule has 0 atom stereocenters. The second-order valence-corrected chi connectivity index (χ2v) is 4.28. The Morgan fingerprint density at radius 3 is 2.53 bits per heavy atom. The van der Waals surface area contributed by atoms with Gasteiger partial charge in [-0.25, -0.2) is 4.98 Å². The molecule has 0 fully saturated rings. The van der Waals surface area contributed by atoms with Crippen LogP contribution in [0.2, 0.25) is 0 Å². The molecule has 0 saturated heterocycles. The summed E-state index contributed by atoms with van der Waals surface area (Å²) in [4.78, 5) is 4.69. The number of rotatable bonds is 2. The largest absolute Gasteiger partial charge is 0.396 e. The molecule has 0 saturated carbocycles. The smallest absolute Gasteiger partial charge is 0.160 e. The highest BCUT2D eigenvalue weighted by Gasteiger charge is 2.13. The molecule has 0 spiro atoms. The quantitative estimate of drug-likeness (QED) is 0.782. The zero-order chi connectivity index (χ0) is 12.5. The molecule has 3 nitrogen and oxygen atoms in total. The van der Waals surface area contributed by atoms with E-state index in [4.69, 9.17) is 10.7 Å². The Morgan fingerprint density at radius 1 is 1.11 bits per heavy atom. The van der Waals surface area contributed by atoms with E-state index in [1.807, 2.05) is 36.5 Å². The summed E-state index contributed by atoms with van der Waals surface area (Å²) in [6, 6.07) is 14.1. The second-order valence-electron chi connectivity index (χ2n) is 4.28. The highest BCUT2D eigenvalue weighted by Crippen LogP contribution is 2.26. The number of hydrogen-bond donors (Lipinski definition) is 1. The number of aryl methyl sites for hydroxylation is 1. The first kappa shape index (κ1) is 13.6. The zero-order valence-corrected chi connectivity index (χ0v) is 12.4. The van der Waals surface area contributed by atoms with Crippen molar-refractivity contribution in [3.63, 3.8) is 0 Å². The SMILES string of the molecule is Br.CCc1c(-c2ccccc2)nc2c(N)cccn12. The molecule has 4 heteroatoms. The molecule has 2 heterocycles. The van der Waals surface area contributed by atoms with Gasteiger partial charge >= 0.3 is 0 Å². The van der Waals surface area contributed by atoms with Gasteiger partial charge < -0.3 is 10.1 Å². The summed E-state index contributed by atoms with van der Waals surface area (Å²) in [6.07, 6.45) is 2.94. The van der Waals surface area contributed by atoms with E-state index in [-0.39, 0.29) is 17.0 Å². The first-order valence-electron chi connectivity index (χ1n) is 6.12. The van der Waals surface area contributed by atoms with Gasteiger partial charge in [0.2, 0.25) is 0 Å². The van der Waals surface area contributed by atoms with E-state index in [1.165, 1.54) is 5.69 Å². The van der Waals surface area contributed by atoms with Crippen molar-refractivity contribution in [1.29, 1.82) is 0 Å². The number of fused-ring (bicyclic) bond motifs is 1. The van der Waals surface area contributed by atoms with E-state index >= 15 is 0 Å². The summed E-state index contributed by atoms with van der Waals surface area (Å²) in [5.41, 5.74) is 10.9. The van der Waals surface area contributed by atoms with Crippen LogP contribution in [-0.2, 0) is 6.42 Å². The fraction of sp³-hybridized carbons (Fsp3) is 0.133. The molecular formula is C15H16BrN3. The average Bonchev–Trinajstić information content (AvgIpc) is 2.80. The van der Waals surface area contributed by atoms with E-state index in [2.05, 4.69) is 23.5 Å². The predicted octanol–water partition coefficient (Wildman–Crippen LogP) is 3.72. The van der Waals surface area contributed by atoms with E-state index in [9.17, 15) is 0 Å². The van der Waals surface area contributed by atoms with Crippen LogP contribution in [0.15, 0.2) is 48.7 Å². The van der Waals surface area contributed by atoms with E-state index in [1.54, 1.807) is 0 Å². The van der Waals surface area contributed by atoms with Gasteiger partial charge in [0.25, 0.3) is 0 Å². The number of hydrogen-bond acceptors (Lipinski definition) is 2. The minimum absolute atomic E-state index is 0. The first-order valence-corrected chi connectivity index (χ1v) is 6.12. The molecule has 3 aromatic rings. The fourth-order valence-corrected chi connectivity index (χ4v) is 2.30. The number of imidazole rings is 1. The van der Waals surface area contributed by atoms with Gasteiger partial charge in [0.05, 0.1) is 17.1 Å². The maximum atomic E-state index is 5.99. The highest BCUT2D eigenvalue weighted by atomic mass is 79.9. The zero-order valence-electron chi connectivity index (χ0n) is 10.7. The summed E-state index contributed by atoms with van der Waals surface area (Å²) in [6.45, 7) is 2.14. The Balaban J connectivity index is 0.00000133.